The number of halogens is 6. The van der Waals surface area contributed by atoms with Gasteiger partial charge in [-0.3, -0.25) is 9.36 Å². The minimum Gasteiger partial charge on any atom is -0.491 e. The number of nitrogens with zero attached hydrogens (tertiary/aromatic N) is 1. The second-order valence-corrected chi connectivity index (χ2v) is 10.3. The van der Waals surface area contributed by atoms with E-state index in [1.807, 2.05) is 0 Å². The molecule has 1 unspecified atom stereocenters. The van der Waals surface area contributed by atoms with E-state index in [0.717, 1.165) is 16.8 Å². The molecule has 2 aromatic rings. The molecule has 1 aliphatic heterocycles. The molecule has 1 aromatic heterocycles. The second kappa shape index (κ2) is 11.0. The van der Waals surface area contributed by atoms with Gasteiger partial charge in [-0.2, -0.15) is 22.0 Å². The van der Waals surface area contributed by atoms with Crippen molar-refractivity contribution in [2.24, 2.45) is 5.92 Å². The van der Waals surface area contributed by atoms with Crippen molar-refractivity contribution in [3.8, 4) is 16.9 Å². The van der Waals surface area contributed by atoms with Gasteiger partial charge < -0.3 is 14.2 Å². The van der Waals surface area contributed by atoms with Crippen LogP contribution in [-0.4, -0.2) is 41.6 Å². The summed E-state index contributed by atoms with van der Waals surface area (Å²) in [5.74, 6) is -2.85. The molecule has 12 heteroatoms. The average Bonchev–Trinajstić information content (AvgIpc) is 2.72. The minimum absolute atomic E-state index is 0.104. The number of hydrogen-bond donors (Lipinski definition) is 0. The smallest absolute Gasteiger partial charge is 0.395 e. The first-order valence-corrected chi connectivity index (χ1v) is 11.8. The molecule has 0 aliphatic carbocycles. The van der Waals surface area contributed by atoms with E-state index in [4.69, 9.17) is 21.1 Å². The van der Waals surface area contributed by atoms with Crippen LogP contribution in [0, 0.1) is 5.92 Å². The highest BCUT2D eigenvalue weighted by molar-refractivity contribution is 6.30. The maximum atomic E-state index is 13.7. The molecule has 0 saturated carbocycles. The molecule has 2 heterocycles. The van der Waals surface area contributed by atoms with Crippen molar-refractivity contribution >= 4 is 17.6 Å². The first kappa shape index (κ1) is 28.9. The standard InChI is InChI=1S/C25H27ClF5NO5/c1-13(36-23(27)28)7-19(22(34)37-24(2,3)4)32-11-20-18(10-21(32)33)17-9-16(26)6-5-14(17)8-15(12-35-20)25(29,30)31/h5-6,9-11,13,15,19,23H,7-8,12H2,1-4H3/t13-,15-,19?/m1/s1. The molecule has 0 bridgehead atoms. The van der Waals surface area contributed by atoms with E-state index in [2.05, 4.69) is 4.74 Å². The van der Waals surface area contributed by atoms with Gasteiger partial charge in [0.05, 0.1) is 18.2 Å². The molecule has 204 valence electrons. The van der Waals surface area contributed by atoms with Crippen LogP contribution in [0.4, 0.5) is 22.0 Å². The summed E-state index contributed by atoms with van der Waals surface area (Å²) in [6, 6.07) is 4.06. The number of carbonyl (C=O) groups excluding carboxylic acids is 1. The Hall–Kier alpha value is -2.66. The first-order valence-electron chi connectivity index (χ1n) is 11.5. The van der Waals surface area contributed by atoms with Crippen molar-refractivity contribution < 1.29 is 41.0 Å². The molecule has 0 amide bonds. The molecule has 3 rings (SSSR count). The predicted octanol–water partition coefficient (Wildman–Crippen LogP) is 6.18. The Morgan fingerprint density at radius 1 is 1.19 bits per heavy atom. The van der Waals surface area contributed by atoms with Crippen LogP contribution in [0.25, 0.3) is 11.1 Å². The van der Waals surface area contributed by atoms with E-state index in [1.54, 1.807) is 20.8 Å². The Labute approximate surface area is 215 Å². The Morgan fingerprint density at radius 2 is 1.86 bits per heavy atom. The maximum absolute atomic E-state index is 13.7. The number of aromatic nitrogens is 1. The molecule has 3 atom stereocenters. The third-order valence-electron chi connectivity index (χ3n) is 5.68. The molecular formula is C25H27ClF5NO5. The zero-order chi connectivity index (χ0) is 27.7. The van der Waals surface area contributed by atoms with Gasteiger partial charge in [0, 0.05) is 23.1 Å². The average molecular weight is 552 g/mol. The number of ether oxygens (including phenoxy) is 3. The van der Waals surface area contributed by atoms with Gasteiger partial charge in [-0.25, -0.2) is 4.79 Å². The molecule has 1 aromatic carbocycles. The van der Waals surface area contributed by atoms with Gasteiger partial charge in [0.1, 0.15) is 24.0 Å². The Balaban J connectivity index is 2.15. The highest BCUT2D eigenvalue weighted by atomic mass is 35.5. The fourth-order valence-corrected chi connectivity index (χ4v) is 4.21. The number of fused-ring (bicyclic) bond motifs is 3. The van der Waals surface area contributed by atoms with Gasteiger partial charge in [-0.05, 0) is 57.4 Å². The fraction of sp³-hybridized carbons (Fsp3) is 0.520. The van der Waals surface area contributed by atoms with Crippen LogP contribution in [-0.2, 0) is 20.7 Å². The largest absolute Gasteiger partial charge is 0.491 e. The van der Waals surface area contributed by atoms with Crippen LogP contribution in [0.3, 0.4) is 0 Å². The highest BCUT2D eigenvalue weighted by Crippen LogP contribution is 2.40. The number of alkyl halides is 5. The quantitative estimate of drug-likeness (QED) is 0.317. The lowest BCUT2D eigenvalue weighted by Gasteiger charge is -2.29. The van der Waals surface area contributed by atoms with Crippen LogP contribution in [0.1, 0.15) is 45.7 Å². The van der Waals surface area contributed by atoms with E-state index in [1.165, 1.54) is 25.1 Å². The van der Waals surface area contributed by atoms with E-state index < -0.39 is 54.6 Å². The van der Waals surface area contributed by atoms with Crippen molar-refractivity contribution in [2.75, 3.05) is 6.61 Å². The molecule has 0 spiro atoms. The lowest BCUT2D eigenvalue weighted by Crippen LogP contribution is -2.37. The van der Waals surface area contributed by atoms with Crippen molar-refractivity contribution in [3.63, 3.8) is 0 Å². The summed E-state index contributed by atoms with van der Waals surface area (Å²) in [4.78, 5) is 26.2. The summed E-state index contributed by atoms with van der Waals surface area (Å²) in [7, 11) is 0. The molecule has 0 radical (unpaired) electrons. The zero-order valence-electron chi connectivity index (χ0n) is 20.6. The molecule has 1 aliphatic rings. The van der Waals surface area contributed by atoms with Crippen molar-refractivity contribution in [2.45, 2.75) is 71.1 Å². The Bertz CT molecular complexity index is 1190. The molecule has 0 N–H and O–H groups in total. The lowest BCUT2D eigenvalue weighted by atomic mass is 9.91. The number of carbonyl (C=O) groups is 1. The molecule has 6 nitrogen and oxygen atoms in total. The van der Waals surface area contributed by atoms with Gasteiger partial charge in [0.15, 0.2) is 0 Å². The third kappa shape index (κ3) is 7.44. The predicted molar refractivity (Wildman–Crippen MR) is 126 cm³/mol. The molecule has 0 saturated heterocycles. The van der Waals surface area contributed by atoms with Gasteiger partial charge in [-0.1, -0.05) is 17.7 Å². The topological polar surface area (TPSA) is 66.8 Å². The first-order chi connectivity index (χ1) is 17.0. The fourth-order valence-electron chi connectivity index (χ4n) is 4.04. The van der Waals surface area contributed by atoms with Crippen LogP contribution in [0.5, 0.6) is 5.75 Å². The number of rotatable bonds is 6. The highest BCUT2D eigenvalue weighted by Gasteiger charge is 2.41. The second-order valence-electron chi connectivity index (χ2n) is 9.84. The van der Waals surface area contributed by atoms with Crippen molar-refractivity contribution in [3.05, 3.63) is 51.4 Å². The van der Waals surface area contributed by atoms with Crippen LogP contribution < -0.4 is 10.3 Å². The SMILES string of the molecule is C[C@H](CC(C(=O)OC(C)(C)C)n1cc2c(cc1=O)-c1cc(Cl)ccc1C[C@@H](C(F)(F)F)CO2)OC(F)F. The minimum atomic E-state index is -4.57. The number of hydrogen-bond acceptors (Lipinski definition) is 5. The summed E-state index contributed by atoms with van der Waals surface area (Å²) in [6.45, 7) is 2.21. The number of esters is 1. The molecular weight excluding hydrogens is 525 g/mol. The van der Waals surface area contributed by atoms with Crippen LogP contribution in [0.2, 0.25) is 5.02 Å². The van der Waals surface area contributed by atoms with E-state index in [9.17, 15) is 31.5 Å². The summed E-state index contributed by atoms with van der Waals surface area (Å²) in [6.07, 6.45) is -5.39. The Morgan fingerprint density at radius 3 is 2.46 bits per heavy atom. The van der Waals surface area contributed by atoms with Gasteiger partial charge in [0.2, 0.25) is 0 Å². The number of pyridine rings is 1. The van der Waals surface area contributed by atoms with E-state index in [0.29, 0.717) is 5.56 Å². The van der Waals surface area contributed by atoms with Crippen LogP contribution >= 0.6 is 11.6 Å². The normalized spacial score (nSPS) is 17.6. The lowest BCUT2D eigenvalue weighted by molar-refractivity contribution is -0.181. The van der Waals surface area contributed by atoms with Crippen molar-refractivity contribution in [1.29, 1.82) is 0 Å². The summed E-state index contributed by atoms with van der Waals surface area (Å²) >= 11 is 6.10. The van der Waals surface area contributed by atoms with Crippen molar-refractivity contribution in [1.82, 2.24) is 4.57 Å². The van der Waals surface area contributed by atoms with Gasteiger partial charge in [-0.15, -0.1) is 0 Å². The summed E-state index contributed by atoms with van der Waals surface area (Å²) in [5.41, 5.74) is -0.901. The van der Waals surface area contributed by atoms with Gasteiger partial charge >= 0.3 is 18.8 Å². The summed E-state index contributed by atoms with van der Waals surface area (Å²) in [5, 5.41) is 0.239. The third-order valence-corrected chi connectivity index (χ3v) is 5.92. The Kier molecular flexibility index (Phi) is 8.58. The number of benzene rings is 1. The van der Waals surface area contributed by atoms with Crippen LogP contribution in [0.15, 0.2) is 35.3 Å². The van der Waals surface area contributed by atoms with E-state index >= 15 is 0 Å². The molecule has 37 heavy (non-hydrogen) atoms. The zero-order valence-corrected chi connectivity index (χ0v) is 21.3. The molecule has 0 fully saturated rings. The summed E-state index contributed by atoms with van der Waals surface area (Å²) < 4.78 is 82.9. The van der Waals surface area contributed by atoms with E-state index in [-0.39, 0.29) is 34.7 Å². The van der Waals surface area contributed by atoms with Gasteiger partial charge in [0.25, 0.3) is 5.56 Å². The maximum Gasteiger partial charge on any atom is 0.395 e. The monoisotopic (exact) mass is 551 g/mol.